The molecule has 3 aromatic rings. The standard InChI is InChI=1S/C24H26BrN3O4/c1-30-20-11-15(12-21(31-2)22(20)32-3)14-26-28-23(16-7-5-4-6-8-16)27-19-10-9-17(25)13-18(19)24(28)29/h9-14,16H,4-8H2,1-3H3. The fourth-order valence-electron chi connectivity index (χ4n) is 4.20. The SMILES string of the molecule is COc1cc(C=Nn2c(C3CCCCC3)nc3ccc(Br)cc3c2=O)cc(OC)c1OC. The number of hydrogen-bond donors (Lipinski definition) is 0. The van der Waals surface area contributed by atoms with E-state index >= 15 is 0 Å². The van der Waals surface area contributed by atoms with Gasteiger partial charge >= 0.3 is 0 Å². The lowest BCUT2D eigenvalue weighted by atomic mass is 9.88. The summed E-state index contributed by atoms with van der Waals surface area (Å²) >= 11 is 3.45. The summed E-state index contributed by atoms with van der Waals surface area (Å²) in [4.78, 5) is 18.3. The molecule has 1 aromatic heterocycles. The van der Waals surface area contributed by atoms with Crippen LogP contribution in [-0.2, 0) is 0 Å². The molecule has 4 rings (SSSR count). The lowest BCUT2D eigenvalue weighted by Crippen LogP contribution is -2.25. The Bertz CT molecular complexity index is 1190. The van der Waals surface area contributed by atoms with Crippen LogP contribution in [0.25, 0.3) is 10.9 Å². The summed E-state index contributed by atoms with van der Waals surface area (Å²) in [5, 5.41) is 5.12. The minimum absolute atomic E-state index is 0.180. The maximum atomic E-state index is 13.4. The number of benzene rings is 2. The molecule has 8 heteroatoms. The highest BCUT2D eigenvalue weighted by atomic mass is 79.9. The minimum Gasteiger partial charge on any atom is -0.493 e. The van der Waals surface area contributed by atoms with Gasteiger partial charge in [-0.25, -0.2) is 4.98 Å². The predicted molar refractivity (Wildman–Crippen MR) is 129 cm³/mol. The molecule has 0 spiro atoms. The van der Waals surface area contributed by atoms with Gasteiger partial charge in [0.15, 0.2) is 11.5 Å². The summed E-state index contributed by atoms with van der Waals surface area (Å²) in [7, 11) is 4.69. The Balaban J connectivity index is 1.85. The van der Waals surface area contributed by atoms with Crippen LogP contribution in [0.4, 0.5) is 0 Å². The maximum Gasteiger partial charge on any atom is 0.282 e. The molecule has 32 heavy (non-hydrogen) atoms. The van der Waals surface area contributed by atoms with Crippen molar-refractivity contribution in [3.8, 4) is 17.2 Å². The van der Waals surface area contributed by atoms with Crippen LogP contribution >= 0.6 is 15.9 Å². The molecule has 7 nitrogen and oxygen atoms in total. The fraction of sp³-hybridized carbons (Fsp3) is 0.375. The summed E-state index contributed by atoms with van der Waals surface area (Å²) in [5.74, 6) is 2.47. The number of methoxy groups -OCH3 is 3. The van der Waals surface area contributed by atoms with Gasteiger partial charge in [-0.05, 0) is 43.2 Å². The first kappa shape index (κ1) is 22.3. The van der Waals surface area contributed by atoms with Gasteiger partial charge in [0.05, 0.1) is 38.4 Å². The van der Waals surface area contributed by atoms with E-state index in [1.165, 1.54) is 11.1 Å². The van der Waals surface area contributed by atoms with Crippen molar-refractivity contribution >= 4 is 33.0 Å². The average Bonchev–Trinajstić information content (AvgIpc) is 2.83. The first-order valence-electron chi connectivity index (χ1n) is 10.6. The molecule has 0 bridgehead atoms. The fourth-order valence-corrected chi connectivity index (χ4v) is 4.56. The van der Waals surface area contributed by atoms with Crippen molar-refractivity contribution in [2.24, 2.45) is 5.10 Å². The largest absolute Gasteiger partial charge is 0.493 e. The van der Waals surface area contributed by atoms with Gasteiger partial charge in [-0.2, -0.15) is 9.78 Å². The van der Waals surface area contributed by atoms with E-state index in [4.69, 9.17) is 19.2 Å². The molecule has 0 radical (unpaired) electrons. The van der Waals surface area contributed by atoms with Crippen LogP contribution in [0.2, 0.25) is 0 Å². The Labute approximate surface area is 195 Å². The Kier molecular flexibility index (Phi) is 6.79. The smallest absolute Gasteiger partial charge is 0.282 e. The summed E-state index contributed by atoms with van der Waals surface area (Å²) in [6.07, 6.45) is 7.13. The zero-order valence-corrected chi connectivity index (χ0v) is 20.0. The van der Waals surface area contributed by atoms with E-state index in [2.05, 4.69) is 21.0 Å². The maximum absolute atomic E-state index is 13.4. The van der Waals surface area contributed by atoms with Crippen molar-refractivity contribution < 1.29 is 14.2 Å². The van der Waals surface area contributed by atoms with E-state index in [1.54, 1.807) is 45.7 Å². The molecular weight excluding hydrogens is 474 g/mol. The number of aromatic nitrogens is 2. The Morgan fingerprint density at radius 2 is 1.72 bits per heavy atom. The van der Waals surface area contributed by atoms with Gasteiger partial charge in [-0.15, -0.1) is 0 Å². The van der Waals surface area contributed by atoms with Gasteiger partial charge < -0.3 is 14.2 Å². The first-order chi connectivity index (χ1) is 15.5. The number of hydrogen-bond acceptors (Lipinski definition) is 6. The van der Waals surface area contributed by atoms with Crippen LogP contribution in [0.5, 0.6) is 17.2 Å². The van der Waals surface area contributed by atoms with E-state index in [9.17, 15) is 4.79 Å². The summed E-state index contributed by atoms with van der Waals surface area (Å²) in [5.41, 5.74) is 1.23. The zero-order valence-electron chi connectivity index (χ0n) is 18.4. The third-order valence-electron chi connectivity index (χ3n) is 5.81. The zero-order chi connectivity index (χ0) is 22.7. The van der Waals surface area contributed by atoms with Gasteiger partial charge in [0.2, 0.25) is 5.75 Å². The van der Waals surface area contributed by atoms with Crippen LogP contribution < -0.4 is 19.8 Å². The van der Waals surface area contributed by atoms with E-state index in [0.29, 0.717) is 34.0 Å². The van der Waals surface area contributed by atoms with Crippen molar-refractivity contribution in [2.45, 2.75) is 38.0 Å². The van der Waals surface area contributed by atoms with Crippen molar-refractivity contribution in [1.29, 1.82) is 0 Å². The minimum atomic E-state index is -0.180. The molecule has 0 atom stereocenters. The van der Waals surface area contributed by atoms with Gasteiger partial charge in [-0.3, -0.25) is 4.79 Å². The average molecular weight is 500 g/mol. The van der Waals surface area contributed by atoms with Gasteiger partial charge in [0, 0.05) is 16.0 Å². The van der Waals surface area contributed by atoms with Crippen LogP contribution in [0, 0.1) is 0 Å². The highest BCUT2D eigenvalue weighted by Gasteiger charge is 2.22. The molecule has 1 fully saturated rings. The van der Waals surface area contributed by atoms with Crippen LogP contribution in [0.15, 0.2) is 44.7 Å². The van der Waals surface area contributed by atoms with Crippen LogP contribution in [-0.4, -0.2) is 37.2 Å². The summed E-state index contributed by atoms with van der Waals surface area (Å²) in [6.45, 7) is 0. The lowest BCUT2D eigenvalue weighted by molar-refractivity contribution is 0.324. The second-order valence-electron chi connectivity index (χ2n) is 7.79. The molecule has 2 aromatic carbocycles. The van der Waals surface area contributed by atoms with Crippen molar-refractivity contribution in [2.75, 3.05) is 21.3 Å². The molecule has 1 aliphatic carbocycles. The number of nitrogens with zero attached hydrogens (tertiary/aromatic N) is 3. The van der Waals surface area contributed by atoms with Gasteiger partial charge in [0.25, 0.3) is 5.56 Å². The quantitative estimate of drug-likeness (QED) is 0.440. The number of rotatable bonds is 6. The lowest BCUT2D eigenvalue weighted by Gasteiger charge is -2.22. The van der Waals surface area contributed by atoms with Crippen molar-refractivity contribution in [1.82, 2.24) is 9.66 Å². The molecule has 0 unspecified atom stereocenters. The third-order valence-corrected chi connectivity index (χ3v) is 6.31. The molecule has 0 saturated heterocycles. The molecule has 0 N–H and O–H groups in total. The monoisotopic (exact) mass is 499 g/mol. The molecule has 1 aliphatic rings. The normalized spacial score (nSPS) is 14.8. The molecule has 1 saturated carbocycles. The highest BCUT2D eigenvalue weighted by molar-refractivity contribution is 9.10. The number of ether oxygens (including phenoxy) is 3. The van der Waals surface area contributed by atoms with Crippen LogP contribution in [0.3, 0.4) is 0 Å². The first-order valence-corrected chi connectivity index (χ1v) is 11.4. The van der Waals surface area contributed by atoms with E-state index in [1.807, 2.05) is 12.1 Å². The van der Waals surface area contributed by atoms with E-state index in [-0.39, 0.29) is 11.5 Å². The molecular formula is C24H26BrN3O4. The second kappa shape index (κ2) is 9.73. The topological polar surface area (TPSA) is 74.9 Å². The molecule has 168 valence electrons. The van der Waals surface area contributed by atoms with Gasteiger partial charge in [-0.1, -0.05) is 35.2 Å². The second-order valence-corrected chi connectivity index (χ2v) is 8.70. The Morgan fingerprint density at radius 3 is 2.34 bits per heavy atom. The van der Waals surface area contributed by atoms with Crippen molar-refractivity contribution in [3.05, 3.63) is 56.5 Å². The third kappa shape index (κ3) is 4.37. The Hall–Kier alpha value is -2.87. The molecule has 0 amide bonds. The number of fused-ring (bicyclic) bond motifs is 1. The molecule has 1 heterocycles. The Morgan fingerprint density at radius 1 is 1.03 bits per heavy atom. The van der Waals surface area contributed by atoms with Gasteiger partial charge in [0.1, 0.15) is 5.82 Å². The van der Waals surface area contributed by atoms with E-state index < -0.39 is 0 Å². The predicted octanol–water partition coefficient (Wildman–Crippen LogP) is 5.11. The van der Waals surface area contributed by atoms with E-state index in [0.717, 1.165) is 35.7 Å². The number of halogens is 1. The summed E-state index contributed by atoms with van der Waals surface area (Å²) in [6, 6.07) is 9.16. The summed E-state index contributed by atoms with van der Waals surface area (Å²) < 4.78 is 18.5. The van der Waals surface area contributed by atoms with Crippen molar-refractivity contribution in [3.63, 3.8) is 0 Å². The van der Waals surface area contributed by atoms with Crippen LogP contribution in [0.1, 0.15) is 49.4 Å². The molecule has 0 aliphatic heterocycles. The highest BCUT2D eigenvalue weighted by Crippen LogP contribution is 2.38.